The van der Waals surface area contributed by atoms with E-state index in [0.717, 1.165) is 35.7 Å². The molecule has 4 rings (SSSR count). The zero-order valence-corrected chi connectivity index (χ0v) is 12.8. The van der Waals surface area contributed by atoms with Crippen molar-refractivity contribution in [2.75, 3.05) is 19.6 Å². The van der Waals surface area contributed by atoms with Gasteiger partial charge in [0.25, 0.3) is 0 Å². The Morgan fingerprint density at radius 1 is 1.40 bits per heavy atom. The third kappa shape index (κ3) is 2.38. The third-order valence-electron chi connectivity index (χ3n) is 4.67. The topological polar surface area (TPSA) is 32.6 Å². The maximum Gasteiger partial charge on any atom is 0.194 e. The van der Waals surface area contributed by atoms with Gasteiger partial charge in [-0.1, -0.05) is 0 Å². The van der Waals surface area contributed by atoms with Gasteiger partial charge in [0.2, 0.25) is 0 Å². The molecule has 0 aromatic carbocycles. The maximum atomic E-state index is 4.60. The number of imidazole rings is 1. The van der Waals surface area contributed by atoms with Crippen molar-refractivity contribution in [3.8, 4) is 0 Å². The maximum absolute atomic E-state index is 4.60. The van der Waals surface area contributed by atoms with Crippen LogP contribution in [0, 0.1) is 12.8 Å². The molecular weight excluding hydrogens is 268 g/mol. The molecular formula is C15H22N4S. The van der Waals surface area contributed by atoms with E-state index in [4.69, 9.17) is 0 Å². The standard InChI is InChI=1S/C15H22N4S/c1-11-14(19-6-7-20-15(19)17-11)9-16-8-12-4-5-18(10-12)13-2-3-13/h6-7,12-13,16H,2-5,8-10H2,1H3. The molecule has 108 valence electrons. The second-order valence-corrected chi connectivity index (χ2v) is 7.08. The molecule has 4 nitrogen and oxygen atoms in total. The molecule has 0 amide bonds. The molecule has 1 aliphatic heterocycles. The highest BCUT2D eigenvalue weighted by Crippen LogP contribution is 2.31. The first-order valence-corrected chi connectivity index (χ1v) is 8.55. The van der Waals surface area contributed by atoms with Gasteiger partial charge in [-0.05, 0) is 45.2 Å². The molecule has 1 unspecified atom stereocenters. The minimum Gasteiger partial charge on any atom is -0.311 e. The van der Waals surface area contributed by atoms with Crippen molar-refractivity contribution in [3.63, 3.8) is 0 Å². The molecule has 0 radical (unpaired) electrons. The van der Waals surface area contributed by atoms with Crippen molar-refractivity contribution >= 4 is 16.3 Å². The number of nitrogens with zero attached hydrogens (tertiary/aromatic N) is 3. The molecule has 2 fully saturated rings. The molecule has 1 atom stereocenters. The lowest BCUT2D eigenvalue weighted by atomic mass is 10.1. The molecule has 3 heterocycles. The lowest BCUT2D eigenvalue weighted by Crippen LogP contribution is -2.27. The number of rotatable bonds is 5. The van der Waals surface area contributed by atoms with Crippen LogP contribution < -0.4 is 5.32 Å². The number of nitrogens with one attached hydrogen (secondary N) is 1. The highest BCUT2D eigenvalue weighted by atomic mass is 32.1. The van der Waals surface area contributed by atoms with Crippen LogP contribution in [-0.2, 0) is 6.54 Å². The van der Waals surface area contributed by atoms with Crippen molar-refractivity contribution in [3.05, 3.63) is 23.0 Å². The van der Waals surface area contributed by atoms with E-state index in [2.05, 4.69) is 38.1 Å². The van der Waals surface area contributed by atoms with Gasteiger partial charge in [0.1, 0.15) is 0 Å². The van der Waals surface area contributed by atoms with E-state index < -0.39 is 0 Å². The van der Waals surface area contributed by atoms with Crippen molar-refractivity contribution < 1.29 is 0 Å². The van der Waals surface area contributed by atoms with Crippen LogP contribution in [0.2, 0.25) is 0 Å². The van der Waals surface area contributed by atoms with E-state index in [1.54, 1.807) is 11.3 Å². The minimum atomic E-state index is 0.835. The molecule has 20 heavy (non-hydrogen) atoms. The first-order valence-electron chi connectivity index (χ1n) is 7.67. The van der Waals surface area contributed by atoms with Gasteiger partial charge >= 0.3 is 0 Å². The number of fused-ring (bicyclic) bond motifs is 1. The molecule has 0 spiro atoms. The van der Waals surface area contributed by atoms with Gasteiger partial charge < -0.3 is 10.2 Å². The molecule has 1 saturated heterocycles. The van der Waals surface area contributed by atoms with Gasteiger partial charge in [0.05, 0.1) is 11.4 Å². The lowest BCUT2D eigenvalue weighted by Gasteiger charge is -2.15. The molecule has 0 bridgehead atoms. The molecule has 1 saturated carbocycles. The lowest BCUT2D eigenvalue weighted by molar-refractivity contribution is 0.311. The van der Waals surface area contributed by atoms with Gasteiger partial charge in [-0.2, -0.15) is 0 Å². The summed E-state index contributed by atoms with van der Waals surface area (Å²) in [4.78, 5) is 8.40. The molecule has 1 N–H and O–H groups in total. The highest BCUT2D eigenvalue weighted by molar-refractivity contribution is 7.15. The average Bonchev–Trinajstić information content (AvgIpc) is 2.89. The predicted molar refractivity (Wildman–Crippen MR) is 82.2 cm³/mol. The Morgan fingerprint density at radius 3 is 3.15 bits per heavy atom. The van der Waals surface area contributed by atoms with E-state index in [1.807, 2.05) is 0 Å². The van der Waals surface area contributed by atoms with Gasteiger partial charge in [0, 0.05) is 30.7 Å². The normalized spacial score (nSPS) is 23.9. The fourth-order valence-corrected chi connectivity index (χ4v) is 4.13. The first-order chi connectivity index (χ1) is 9.81. The van der Waals surface area contributed by atoms with Crippen LogP contribution in [0.3, 0.4) is 0 Å². The zero-order chi connectivity index (χ0) is 13.5. The summed E-state index contributed by atoms with van der Waals surface area (Å²) >= 11 is 1.71. The number of aromatic nitrogens is 2. The Bertz CT molecular complexity index is 598. The van der Waals surface area contributed by atoms with E-state index in [0.29, 0.717) is 0 Å². The summed E-state index contributed by atoms with van der Waals surface area (Å²) in [6.45, 7) is 6.80. The van der Waals surface area contributed by atoms with Gasteiger partial charge in [-0.3, -0.25) is 4.40 Å². The van der Waals surface area contributed by atoms with Crippen molar-refractivity contribution in [2.45, 2.75) is 38.8 Å². The van der Waals surface area contributed by atoms with Crippen molar-refractivity contribution in [2.24, 2.45) is 5.92 Å². The summed E-state index contributed by atoms with van der Waals surface area (Å²) in [5.41, 5.74) is 2.48. The number of hydrogen-bond donors (Lipinski definition) is 1. The van der Waals surface area contributed by atoms with Crippen molar-refractivity contribution in [1.82, 2.24) is 19.6 Å². The second kappa shape index (κ2) is 5.13. The SMILES string of the molecule is Cc1nc2sccn2c1CNCC1CCN(C2CC2)C1. The fraction of sp³-hybridized carbons (Fsp3) is 0.667. The average molecular weight is 290 g/mol. The summed E-state index contributed by atoms with van der Waals surface area (Å²) in [5, 5.41) is 5.76. The van der Waals surface area contributed by atoms with Crippen LogP contribution in [-0.4, -0.2) is 40.0 Å². The number of aryl methyl sites for hydroxylation is 1. The Kier molecular flexibility index (Phi) is 3.28. The summed E-state index contributed by atoms with van der Waals surface area (Å²) in [7, 11) is 0. The fourth-order valence-electron chi connectivity index (χ4n) is 3.35. The largest absolute Gasteiger partial charge is 0.311 e. The highest BCUT2D eigenvalue weighted by Gasteiger charge is 2.34. The summed E-state index contributed by atoms with van der Waals surface area (Å²) in [6, 6.07) is 0.933. The van der Waals surface area contributed by atoms with Crippen LogP contribution in [0.25, 0.3) is 4.96 Å². The Morgan fingerprint density at radius 2 is 2.30 bits per heavy atom. The molecule has 2 aliphatic rings. The van der Waals surface area contributed by atoms with Crippen molar-refractivity contribution in [1.29, 1.82) is 0 Å². The van der Waals surface area contributed by atoms with Gasteiger partial charge in [0.15, 0.2) is 4.96 Å². The molecule has 2 aromatic rings. The van der Waals surface area contributed by atoms with Crippen LogP contribution in [0.1, 0.15) is 30.7 Å². The third-order valence-corrected chi connectivity index (χ3v) is 5.42. The second-order valence-electron chi connectivity index (χ2n) is 6.21. The Labute approximate surface area is 123 Å². The minimum absolute atomic E-state index is 0.835. The number of thiazole rings is 1. The van der Waals surface area contributed by atoms with Crippen LogP contribution in [0.4, 0.5) is 0 Å². The van der Waals surface area contributed by atoms with E-state index >= 15 is 0 Å². The molecule has 1 aliphatic carbocycles. The molecule has 5 heteroatoms. The predicted octanol–water partition coefficient (Wildman–Crippen LogP) is 2.28. The van der Waals surface area contributed by atoms with Gasteiger partial charge in [-0.15, -0.1) is 11.3 Å². The summed E-state index contributed by atoms with van der Waals surface area (Å²) in [6.07, 6.45) is 6.36. The quantitative estimate of drug-likeness (QED) is 0.917. The zero-order valence-electron chi connectivity index (χ0n) is 12.0. The smallest absolute Gasteiger partial charge is 0.194 e. The van der Waals surface area contributed by atoms with Crippen LogP contribution in [0.15, 0.2) is 11.6 Å². The van der Waals surface area contributed by atoms with Gasteiger partial charge in [-0.25, -0.2) is 4.98 Å². The molecule has 2 aromatic heterocycles. The Hall–Kier alpha value is -0.910. The first kappa shape index (κ1) is 12.8. The van der Waals surface area contributed by atoms with Crippen LogP contribution >= 0.6 is 11.3 Å². The Balaban J connectivity index is 1.32. The van der Waals surface area contributed by atoms with E-state index in [-0.39, 0.29) is 0 Å². The monoisotopic (exact) mass is 290 g/mol. The number of likely N-dealkylation sites (tertiary alicyclic amines) is 1. The number of hydrogen-bond acceptors (Lipinski definition) is 4. The summed E-state index contributed by atoms with van der Waals surface area (Å²) < 4.78 is 2.22. The van der Waals surface area contributed by atoms with E-state index in [1.165, 1.54) is 38.0 Å². The summed E-state index contributed by atoms with van der Waals surface area (Å²) in [5.74, 6) is 0.835. The van der Waals surface area contributed by atoms with Crippen LogP contribution in [0.5, 0.6) is 0 Å². The van der Waals surface area contributed by atoms with E-state index in [9.17, 15) is 0 Å².